The van der Waals surface area contributed by atoms with Crippen molar-refractivity contribution in [2.24, 2.45) is 11.8 Å². The van der Waals surface area contributed by atoms with Crippen molar-refractivity contribution in [2.75, 3.05) is 12.4 Å². The van der Waals surface area contributed by atoms with Crippen molar-refractivity contribution in [3.05, 3.63) is 0 Å². The molecule has 2 N–H and O–H groups in total. The molecule has 0 aromatic heterocycles. The van der Waals surface area contributed by atoms with Crippen molar-refractivity contribution in [2.45, 2.75) is 52.9 Å². The van der Waals surface area contributed by atoms with Gasteiger partial charge in [0.05, 0.1) is 12.5 Å². The first-order valence-corrected chi connectivity index (χ1v) is 7.50. The molecule has 7 heteroatoms. The number of alkyl carbamates (subject to hydrolysis) is 1. The van der Waals surface area contributed by atoms with Crippen molar-refractivity contribution in [1.29, 1.82) is 0 Å². The molecule has 21 heavy (non-hydrogen) atoms. The predicted octanol–water partition coefficient (Wildman–Crippen LogP) is 2.53. The second-order valence-electron chi connectivity index (χ2n) is 6.52. The van der Waals surface area contributed by atoms with Crippen LogP contribution in [0.1, 0.15) is 41.5 Å². The summed E-state index contributed by atoms with van der Waals surface area (Å²) in [6.07, 6.45) is -0.582. The lowest BCUT2D eigenvalue weighted by Gasteiger charge is -2.31. The number of amides is 1. The van der Waals surface area contributed by atoms with Gasteiger partial charge in [0.25, 0.3) is 0 Å². The maximum Gasteiger partial charge on any atom is 0.409 e. The smallest absolute Gasteiger partial charge is 0.409 e. The van der Waals surface area contributed by atoms with Gasteiger partial charge in [0.15, 0.2) is 0 Å². The van der Waals surface area contributed by atoms with Gasteiger partial charge in [-0.1, -0.05) is 6.92 Å². The average Bonchev–Trinajstić information content (AvgIpc) is 2.25. The van der Waals surface area contributed by atoms with Crippen LogP contribution in [0.5, 0.6) is 0 Å². The predicted molar refractivity (Wildman–Crippen MR) is 83.5 cm³/mol. The fourth-order valence-electron chi connectivity index (χ4n) is 1.46. The van der Waals surface area contributed by atoms with Gasteiger partial charge in [-0.15, -0.1) is 0 Å². The molecule has 2 atom stereocenters. The first-order valence-electron chi connectivity index (χ1n) is 6.86. The molecule has 0 aromatic rings. The highest BCUT2D eigenvalue weighted by atomic mass is 32.1. The molecule has 2 unspecified atom stereocenters. The van der Waals surface area contributed by atoms with Crippen LogP contribution in [0.2, 0.25) is 0 Å². The number of thiol groups is 1. The summed E-state index contributed by atoms with van der Waals surface area (Å²) in [5, 5.41) is 11.6. The third-order valence-electron chi connectivity index (χ3n) is 2.79. The average molecular weight is 321 g/mol. The molecule has 0 aliphatic heterocycles. The Hall–Kier alpha value is -0.950. The Morgan fingerprint density at radius 3 is 2.14 bits per heavy atom. The second kappa shape index (κ2) is 7.89. The SMILES string of the molecule is CC(C(=O)O)C(CS)COC(C)(C)NC(=O)OC(C)(C)C. The first-order chi connectivity index (χ1) is 9.38. The van der Waals surface area contributed by atoms with Crippen molar-refractivity contribution in [3.8, 4) is 0 Å². The molecule has 0 fully saturated rings. The largest absolute Gasteiger partial charge is 0.481 e. The van der Waals surface area contributed by atoms with Gasteiger partial charge in [-0.25, -0.2) is 4.79 Å². The molecule has 0 heterocycles. The third kappa shape index (κ3) is 8.83. The Morgan fingerprint density at radius 1 is 1.24 bits per heavy atom. The number of hydrogen-bond acceptors (Lipinski definition) is 5. The summed E-state index contributed by atoms with van der Waals surface area (Å²) in [6.45, 7) is 10.5. The van der Waals surface area contributed by atoms with E-state index >= 15 is 0 Å². The van der Waals surface area contributed by atoms with E-state index in [9.17, 15) is 9.59 Å². The Bertz CT molecular complexity index is 365. The maximum absolute atomic E-state index is 11.7. The number of carboxylic acids is 1. The summed E-state index contributed by atoms with van der Waals surface area (Å²) >= 11 is 4.15. The van der Waals surface area contributed by atoms with Crippen LogP contribution in [0, 0.1) is 11.8 Å². The minimum absolute atomic E-state index is 0.180. The van der Waals surface area contributed by atoms with Gasteiger partial charge < -0.3 is 14.6 Å². The molecule has 0 spiro atoms. The molecule has 0 radical (unpaired) electrons. The van der Waals surface area contributed by atoms with Crippen LogP contribution < -0.4 is 5.32 Å². The lowest BCUT2D eigenvalue weighted by Crippen LogP contribution is -2.48. The summed E-state index contributed by atoms with van der Waals surface area (Å²) in [5.74, 6) is -1.32. The Morgan fingerprint density at radius 2 is 1.76 bits per heavy atom. The van der Waals surface area contributed by atoms with Crippen LogP contribution in [-0.2, 0) is 14.3 Å². The number of carbonyl (C=O) groups is 2. The third-order valence-corrected chi connectivity index (χ3v) is 3.26. The lowest BCUT2D eigenvalue weighted by atomic mass is 9.97. The van der Waals surface area contributed by atoms with Gasteiger partial charge in [0, 0.05) is 5.92 Å². The molecule has 6 nitrogen and oxygen atoms in total. The first kappa shape index (κ1) is 20.1. The molecule has 0 saturated heterocycles. The van der Waals surface area contributed by atoms with Crippen molar-refractivity contribution in [1.82, 2.24) is 5.32 Å². The monoisotopic (exact) mass is 321 g/mol. The summed E-state index contributed by atoms with van der Waals surface area (Å²) < 4.78 is 10.8. The Kier molecular flexibility index (Phi) is 7.53. The van der Waals surface area contributed by atoms with E-state index in [1.807, 2.05) is 0 Å². The number of nitrogens with one attached hydrogen (secondary N) is 1. The van der Waals surface area contributed by atoms with E-state index < -0.39 is 29.3 Å². The molecule has 0 bridgehead atoms. The highest BCUT2D eigenvalue weighted by Gasteiger charge is 2.29. The van der Waals surface area contributed by atoms with Crippen LogP contribution in [0.25, 0.3) is 0 Å². The van der Waals surface area contributed by atoms with Crippen LogP contribution in [0.3, 0.4) is 0 Å². The number of rotatable bonds is 7. The molecule has 0 aliphatic rings. The molecular formula is C14H27NO5S. The Balaban J connectivity index is 4.46. The van der Waals surface area contributed by atoms with Gasteiger partial charge in [-0.2, -0.15) is 12.6 Å². The highest BCUT2D eigenvalue weighted by molar-refractivity contribution is 7.80. The van der Waals surface area contributed by atoms with Gasteiger partial charge in [-0.05, 0) is 40.4 Å². The number of carbonyl (C=O) groups excluding carboxylic acids is 1. The summed E-state index contributed by atoms with van der Waals surface area (Å²) in [5.41, 5.74) is -1.55. The zero-order chi connectivity index (χ0) is 16.8. The van der Waals surface area contributed by atoms with Crippen LogP contribution in [0.4, 0.5) is 4.79 Å². The molecule has 1 amide bonds. The quantitative estimate of drug-likeness (QED) is 0.495. The fourth-order valence-corrected chi connectivity index (χ4v) is 1.88. The fraction of sp³-hybridized carbons (Fsp3) is 0.857. The summed E-state index contributed by atoms with van der Waals surface area (Å²) in [4.78, 5) is 22.7. The summed E-state index contributed by atoms with van der Waals surface area (Å²) in [7, 11) is 0. The zero-order valence-electron chi connectivity index (χ0n) is 13.6. The van der Waals surface area contributed by atoms with Gasteiger partial charge in [0.2, 0.25) is 0 Å². The second-order valence-corrected chi connectivity index (χ2v) is 6.88. The maximum atomic E-state index is 11.7. The van der Waals surface area contributed by atoms with Crippen molar-refractivity contribution in [3.63, 3.8) is 0 Å². The van der Waals surface area contributed by atoms with E-state index in [0.29, 0.717) is 5.75 Å². The standard InChI is InChI=1S/C14H27NO5S/c1-9(11(16)17)10(8-21)7-19-14(5,6)15-12(18)20-13(2,3)4/h9-10,21H,7-8H2,1-6H3,(H,15,18)(H,16,17). The van der Waals surface area contributed by atoms with E-state index in [1.165, 1.54) is 0 Å². The molecule has 0 aliphatic carbocycles. The van der Waals surface area contributed by atoms with E-state index in [4.69, 9.17) is 14.6 Å². The summed E-state index contributed by atoms with van der Waals surface area (Å²) in [6, 6.07) is 0. The number of aliphatic carboxylic acids is 1. The molecule has 124 valence electrons. The van der Waals surface area contributed by atoms with E-state index in [2.05, 4.69) is 17.9 Å². The van der Waals surface area contributed by atoms with Gasteiger partial charge in [0.1, 0.15) is 11.3 Å². The topological polar surface area (TPSA) is 84.9 Å². The number of hydrogen-bond donors (Lipinski definition) is 3. The van der Waals surface area contributed by atoms with E-state index in [-0.39, 0.29) is 12.5 Å². The van der Waals surface area contributed by atoms with Crippen LogP contribution >= 0.6 is 12.6 Å². The lowest BCUT2D eigenvalue weighted by molar-refractivity contribution is -0.145. The number of carboxylic acid groups (broad SMARTS) is 1. The zero-order valence-corrected chi connectivity index (χ0v) is 14.5. The normalized spacial score (nSPS) is 15.2. The van der Waals surface area contributed by atoms with Crippen LogP contribution in [0.15, 0.2) is 0 Å². The van der Waals surface area contributed by atoms with Gasteiger partial charge in [-0.3, -0.25) is 10.1 Å². The molecule has 0 saturated carbocycles. The number of ether oxygens (including phenoxy) is 2. The van der Waals surface area contributed by atoms with Gasteiger partial charge >= 0.3 is 12.1 Å². The highest BCUT2D eigenvalue weighted by Crippen LogP contribution is 2.18. The molecule has 0 rings (SSSR count). The van der Waals surface area contributed by atoms with Crippen molar-refractivity contribution >= 4 is 24.7 Å². The van der Waals surface area contributed by atoms with Crippen LogP contribution in [-0.4, -0.2) is 40.9 Å². The minimum atomic E-state index is -0.957. The van der Waals surface area contributed by atoms with E-state index in [0.717, 1.165) is 0 Å². The minimum Gasteiger partial charge on any atom is -0.481 e. The Labute approximate surface area is 132 Å². The molecule has 0 aromatic carbocycles. The van der Waals surface area contributed by atoms with E-state index in [1.54, 1.807) is 41.5 Å². The molecular weight excluding hydrogens is 294 g/mol. The van der Waals surface area contributed by atoms with Crippen molar-refractivity contribution < 1.29 is 24.2 Å².